The number of anilines is 1. The third-order valence-electron chi connectivity index (χ3n) is 20.6. The number of ketones is 2. The fourth-order valence-electron chi connectivity index (χ4n) is 14.2. The van der Waals surface area contributed by atoms with Crippen molar-refractivity contribution in [2.24, 2.45) is 7.05 Å². The number of aliphatic carboxylic acids is 4. The Morgan fingerprint density at radius 1 is 0.531 bits per heavy atom. The van der Waals surface area contributed by atoms with E-state index in [9.17, 15) is 78.6 Å². The van der Waals surface area contributed by atoms with Crippen molar-refractivity contribution < 1.29 is 83.2 Å². The zero-order valence-electron chi connectivity index (χ0n) is 71.7. The number of hydrogen-bond acceptors (Lipinski definition) is 26. The number of halogens is 4. The van der Waals surface area contributed by atoms with E-state index in [2.05, 4.69) is 56.6 Å². The van der Waals surface area contributed by atoms with Crippen molar-refractivity contribution in [2.75, 3.05) is 26.6 Å². The van der Waals surface area contributed by atoms with E-state index in [4.69, 9.17) is 49.0 Å². The molecule has 7 heterocycles. The highest BCUT2D eigenvalue weighted by molar-refractivity contribution is 9.10. The number of ether oxygens (including phenoxy) is 3. The number of carbonyl (C=O) groups is 8. The largest absolute Gasteiger partial charge is 0.550 e. The number of fused-ring (bicyclic) bond motifs is 3. The number of H-pyrrole nitrogens is 1. The maximum atomic E-state index is 12.1. The lowest BCUT2D eigenvalue weighted by molar-refractivity contribution is -0.308. The van der Waals surface area contributed by atoms with Gasteiger partial charge in [-0.2, -0.15) is 9.78 Å². The fraction of sp³-hybridized carbons (Fsp3) is 0.255. The summed E-state index contributed by atoms with van der Waals surface area (Å²) in [5.74, 6) is -5.21. The molecule has 0 aliphatic heterocycles. The van der Waals surface area contributed by atoms with Crippen molar-refractivity contribution in [3.05, 3.63) is 256 Å². The van der Waals surface area contributed by atoms with Gasteiger partial charge in [-0.3, -0.25) is 18.9 Å². The number of aromatic nitrogens is 12. The monoisotopic (exact) mass is 1890 g/mol. The molecule has 2 N–H and O–H groups in total. The second kappa shape index (κ2) is 46.0. The van der Waals surface area contributed by atoms with E-state index in [1.165, 1.54) is 50.0 Å². The number of nitrogens with zero attached hydrogens (tertiary/aromatic N) is 11. The lowest BCUT2D eigenvalue weighted by Gasteiger charge is -2.23. The molecule has 7 aromatic heterocycles. The summed E-state index contributed by atoms with van der Waals surface area (Å²) in [6.45, 7) is 6.59. The highest BCUT2D eigenvalue weighted by Gasteiger charge is 2.24. The summed E-state index contributed by atoms with van der Waals surface area (Å²) < 4.78 is 23.0. The molecule has 0 bridgehead atoms. The molecule has 0 saturated heterocycles. The summed E-state index contributed by atoms with van der Waals surface area (Å²) in [5.41, 5.74) is 11.4. The molecule has 32 nitrogen and oxygen atoms in total. The van der Waals surface area contributed by atoms with Crippen LogP contribution in [-0.4, -0.2) is 133 Å². The van der Waals surface area contributed by atoms with E-state index in [1.807, 2.05) is 138 Å². The van der Waals surface area contributed by atoms with Gasteiger partial charge >= 0.3 is 5.69 Å². The molecule has 7 aromatic carbocycles. The third kappa shape index (κ3) is 26.3. The number of nitrogens with one attached hydrogen (secondary N) is 2. The van der Waals surface area contributed by atoms with Crippen LogP contribution in [-0.2, 0) is 74.8 Å². The van der Waals surface area contributed by atoms with Gasteiger partial charge < -0.3 is 97.7 Å². The number of aromatic amines is 1. The molecule has 130 heavy (non-hydrogen) atoms. The van der Waals surface area contributed by atoms with Crippen LogP contribution in [0.2, 0.25) is 15.1 Å². The fourth-order valence-corrected chi connectivity index (χ4v) is 14.9. The quantitative estimate of drug-likeness (QED) is 0.0460. The zero-order valence-corrected chi connectivity index (χ0v) is 75.5. The summed E-state index contributed by atoms with van der Waals surface area (Å²) in [6.07, 6.45) is 7.28. The summed E-state index contributed by atoms with van der Waals surface area (Å²) in [4.78, 5) is 129. The summed E-state index contributed by atoms with van der Waals surface area (Å²) in [7, 11) is 5.94. The van der Waals surface area contributed by atoms with Gasteiger partial charge in [-0.15, -0.1) is 10.2 Å². The Bertz CT molecular complexity index is 6460. The topological polar surface area (TPSA) is 467 Å². The first kappa shape index (κ1) is 98.0. The molecule has 1 fully saturated rings. The van der Waals surface area contributed by atoms with Crippen molar-refractivity contribution in [3.8, 4) is 73.7 Å². The Morgan fingerprint density at radius 2 is 1.08 bits per heavy atom. The van der Waals surface area contributed by atoms with Crippen LogP contribution >= 0.6 is 50.7 Å². The third-order valence-corrected chi connectivity index (χ3v) is 22.0. The Hall–Kier alpha value is -14.2. The van der Waals surface area contributed by atoms with Gasteiger partial charge in [0.05, 0.1) is 74.2 Å². The number of aromatic carboxylic acids is 2. The van der Waals surface area contributed by atoms with E-state index in [0.29, 0.717) is 110 Å². The van der Waals surface area contributed by atoms with Crippen LogP contribution in [0.3, 0.4) is 0 Å². The second-order valence-corrected chi connectivity index (χ2v) is 32.0. The van der Waals surface area contributed by atoms with Crippen LogP contribution in [0.15, 0.2) is 196 Å². The number of aryl methyl sites for hydroxylation is 5. The molecular weight excluding hydrogens is 1800 g/mol. The van der Waals surface area contributed by atoms with Crippen LogP contribution < -0.4 is 61.4 Å². The Labute approximate surface area is 767 Å². The minimum Gasteiger partial charge on any atom is -0.550 e. The van der Waals surface area contributed by atoms with Gasteiger partial charge in [0.25, 0.3) is 5.56 Å². The standard InChI is InChI=1S/C17H18BrNO3.C17H18ClNO3.2C17H12ClNO2.C14H19N5O4.C12H14N4O5/c2*1-12(20)2-7-15-8-9-16(19(15)11-10-17(21)22)13-3-5-14(18)6-4-13;1-10-3-2-4-11(7-10)16-9-14(17(20)21)13-8-12(18)5-6-15(13)19-16;1-10-14(18)8-7-12-13(17(20)21)9-15(19-16(10)12)11-5-3-2-4-6-11;1-18-11-10(12(22)17-14(18)23)19(7-9(20)21)13(16-11)15-8-5-3-2-4-6-8;1-19-8-4-7(5-9(20-2)11(8)21-3)12-13-15-16(14-12)6-10(17)18/h2*3-6,8-9H,2,7,10-11H2,1H3,(H,21,22);2*2-9H,1H3,(H,20,21);8H,2-7H2,1H3,(H,15,16)(H,20,21)(H,17,22,23);4-5H,6H2,1-3H3,(H,17,18)/p-6. The van der Waals surface area contributed by atoms with Crippen molar-refractivity contribution in [2.45, 2.75) is 131 Å². The molecular formula is C94H87BrCl3N13O19-6. The normalized spacial score (nSPS) is 11.5. The van der Waals surface area contributed by atoms with E-state index in [-0.39, 0.29) is 64.5 Å². The van der Waals surface area contributed by atoms with E-state index < -0.39 is 60.2 Å². The number of Topliss-reactive ketones (excluding diaryl/α,β-unsaturated/α-hetero) is 2. The average Bonchev–Trinajstić information content (AvgIpc) is 1.55. The van der Waals surface area contributed by atoms with Gasteiger partial charge in [-0.25, -0.2) is 14.8 Å². The average molecular weight is 1890 g/mol. The first-order valence-corrected chi connectivity index (χ1v) is 42.5. The number of carbonyl (C=O) groups excluding carboxylic acids is 8. The number of benzene rings is 7. The molecule has 676 valence electrons. The number of rotatable bonds is 28. The number of carboxylic acid groups (broad SMARTS) is 6. The van der Waals surface area contributed by atoms with Gasteiger partial charge in [0.1, 0.15) is 18.1 Å². The number of methoxy groups -OCH3 is 3. The van der Waals surface area contributed by atoms with Gasteiger partial charge in [0.15, 0.2) is 22.7 Å². The smallest absolute Gasteiger partial charge is 0.329 e. The Kier molecular flexibility index (Phi) is 34.7. The second-order valence-electron chi connectivity index (χ2n) is 29.8. The number of hydrogen-bond donors (Lipinski definition) is 2. The minimum absolute atomic E-state index is 0.0503. The SMILES string of the molecule is CC(=O)CCc1ccc(-c2ccc(Br)cc2)n1CCC(=O)[O-].CC(=O)CCc1ccc(-c2ccc(Cl)cc2)n1CCC(=O)[O-].COc1cc(-c2nnn(CC(=O)[O-])n2)cc(OC)c1OC.Cc1c(Cl)ccc2c(C(=O)[O-])cc(-c3ccccc3)nc12.Cc1cccc(-c2cc(C(=O)[O-])c3cc(Cl)ccc3n2)c1.Cn1c(=O)[nH]c(=O)c2c1nc(NC1CCCCC1)n2CC(=O)[O-]. The maximum absolute atomic E-state index is 12.1. The molecule has 1 saturated carbocycles. The van der Waals surface area contributed by atoms with Gasteiger partial charge in [0, 0.05) is 145 Å². The molecule has 14 aromatic rings. The summed E-state index contributed by atoms with van der Waals surface area (Å²) in [6, 6.07) is 55.0. The lowest BCUT2D eigenvalue weighted by atomic mass is 9.96. The molecule has 0 spiro atoms. The van der Waals surface area contributed by atoms with Crippen molar-refractivity contribution >= 4 is 137 Å². The summed E-state index contributed by atoms with van der Waals surface area (Å²) >= 11 is 21.3. The number of imidazole rings is 1. The van der Waals surface area contributed by atoms with Crippen LogP contribution in [0.1, 0.15) is 115 Å². The molecule has 0 radical (unpaired) electrons. The van der Waals surface area contributed by atoms with Gasteiger partial charge in [-0.05, 0) is 178 Å². The molecule has 1 aliphatic rings. The number of tetrazole rings is 1. The molecule has 0 atom stereocenters. The maximum Gasteiger partial charge on any atom is 0.329 e. The lowest BCUT2D eigenvalue weighted by Crippen LogP contribution is -2.32. The van der Waals surface area contributed by atoms with E-state index in [1.54, 1.807) is 74.5 Å². The first-order valence-electron chi connectivity index (χ1n) is 40.6. The van der Waals surface area contributed by atoms with Crippen LogP contribution in [0.4, 0.5) is 5.95 Å². The van der Waals surface area contributed by atoms with Crippen molar-refractivity contribution in [1.82, 2.24) is 58.4 Å². The predicted molar refractivity (Wildman–Crippen MR) is 481 cm³/mol. The van der Waals surface area contributed by atoms with Crippen LogP contribution in [0, 0.1) is 13.8 Å². The van der Waals surface area contributed by atoms with Gasteiger partial charge in [-0.1, -0.05) is 154 Å². The van der Waals surface area contributed by atoms with E-state index >= 15 is 0 Å². The Morgan fingerprint density at radius 3 is 1.61 bits per heavy atom. The predicted octanol–water partition coefficient (Wildman–Crippen LogP) is 9.54. The minimum atomic E-state index is -1.33. The highest BCUT2D eigenvalue weighted by atomic mass is 79.9. The van der Waals surface area contributed by atoms with Gasteiger partial charge in [0.2, 0.25) is 17.5 Å². The number of pyridine rings is 2. The highest BCUT2D eigenvalue weighted by Crippen LogP contribution is 2.41. The molecule has 0 amide bonds. The Balaban J connectivity index is 0.000000162. The first-order chi connectivity index (χ1) is 62.1. The molecule has 0 unspecified atom stereocenters. The van der Waals surface area contributed by atoms with Crippen molar-refractivity contribution in [1.29, 1.82) is 0 Å². The summed E-state index contributed by atoms with van der Waals surface area (Å²) in [5, 5.41) is 83.2. The number of carboxylic acids is 6. The van der Waals surface area contributed by atoms with Crippen LogP contribution in [0.25, 0.3) is 89.4 Å². The van der Waals surface area contributed by atoms with E-state index in [0.717, 1.165) is 91.1 Å². The molecule has 15 rings (SSSR count). The molecule has 1 aliphatic carbocycles. The van der Waals surface area contributed by atoms with Crippen LogP contribution in [0.5, 0.6) is 17.2 Å². The zero-order chi connectivity index (χ0) is 94.2. The van der Waals surface area contributed by atoms with Crippen molar-refractivity contribution in [3.63, 3.8) is 0 Å². The molecule has 36 heteroatoms.